The highest BCUT2D eigenvalue weighted by Crippen LogP contribution is 2.32. The Morgan fingerprint density at radius 3 is 2.70 bits per heavy atom. The molecule has 2 amide bonds. The maximum Gasteiger partial charge on any atom is 0.254 e. The number of ether oxygens (including phenoxy) is 2. The van der Waals surface area contributed by atoms with Gasteiger partial charge < -0.3 is 19.7 Å². The molecule has 1 aliphatic rings. The number of carbonyl (C=O) groups is 2. The van der Waals surface area contributed by atoms with Gasteiger partial charge in [-0.05, 0) is 32.0 Å². The van der Waals surface area contributed by atoms with E-state index in [2.05, 4.69) is 5.32 Å². The third-order valence-electron chi connectivity index (χ3n) is 3.00. The third-order valence-corrected chi connectivity index (χ3v) is 3.00. The van der Waals surface area contributed by atoms with Crippen molar-refractivity contribution in [3.05, 3.63) is 23.8 Å². The van der Waals surface area contributed by atoms with Crippen LogP contribution in [-0.4, -0.2) is 43.1 Å². The molecule has 1 aromatic carbocycles. The monoisotopic (exact) mass is 278 g/mol. The van der Waals surface area contributed by atoms with Gasteiger partial charge in [0.15, 0.2) is 11.5 Å². The molecule has 20 heavy (non-hydrogen) atoms. The van der Waals surface area contributed by atoms with Crippen LogP contribution in [0, 0.1) is 0 Å². The summed E-state index contributed by atoms with van der Waals surface area (Å²) in [5.74, 6) is 0.832. The molecule has 0 spiro atoms. The zero-order chi connectivity index (χ0) is 14.5. The predicted molar refractivity (Wildman–Crippen MR) is 72.8 cm³/mol. The smallest absolute Gasteiger partial charge is 0.254 e. The van der Waals surface area contributed by atoms with Gasteiger partial charge in [0, 0.05) is 18.7 Å². The first-order chi connectivity index (χ1) is 9.65. The lowest BCUT2D eigenvalue weighted by atomic mass is 10.1. The average molecular weight is 278 g/mol. The molecule has 0 bridgehead atoms. The molecule has 108 valence electrons. The van der Waals surface area contributed by atoms with E-state index in [0.717, 1.165) is 0 Å². The molecule has 1 aromatic rings. The number of benzene rings is 1. The van der Waals surface area contributed by atoms with Gasteiger partial charge >= 0.3 is 0 Å². The number of hydrogen-bond acceptors (Lipinski definition) is 4. The van der Waals surface area contributed by atoms with Crippen LogP contribution >= 0.6 is 0 Å². The lowest BCUT2D eigenvalue weighted by Crippen LogP contribution is -2.40. The molecule has 1 N–H and O–H groups in total. The number of rotatable bonds is 5. The second kappa shape index (κ2) is 6.27. The Labute approximate surface area is 117 Å². The van der Waals surface area contributed by atoms with Crippen LogP contribution in [0.4, 0.5) is 0 Å². The van der Waals surface area contributed by atoms with Crippen LogP contribution in [0.5, 0.6) is 11.5 Å². The van der Waals surface area contributed by atoms with Crippen LogP contribution in [0.1, 0.15) is 24.2 Å². The minimum absolute atomic E-state index is 0.0532. The molecule has 6 heteroatoms. The summed E-state index contributed by atoms with van der Waals surface area (Å²) in [6.07, 6.45) is 0. The van der Waals surface area contributed by atoms with Crippen molar-refractivity contribution >= 4 is 11.8 Å². The van der Waals surface area contributed by atoms with E-state index in [1.165, 1.54) is 4.90 Å². The molecule has 1 aliphatic heterocycles. The summed E-state index contributed by atoms with van der Waals surface area (Å²) in [7, 11) is 0. The Morgan fingerprint density at radius 2 is 2.00 bits per heavy atom. The maximum atomic E-state index is 12.4. The van der Waals surface area contributed by atoms with Gasteiger partial charge in [0.1, 0.15) is 0 Å². The van der Waals surface area contributed by atoms with Crippen molar-refractivity contribution in [1.82, 2.24) is 10.2 Å². The number of hydrogen-bond donors (Lipinski definition) is 1. The maximum absolute atomic E-state index is 12.4. The summed E-state index contributed by atoms with van der Waals surface area (Å²) in [5.41, 5.74) is 0.486. The summed E-state index contributed by atoms with van der Waals surface area (Å²) in [4.78, 5) is 25.4. The Balaban J connectivity index is 2.10. The van der Waals surface area contributed by atoms with Crippen LogP contribution in [0.2, 0.25) is 0 Å². The molecule has 2 rings (SSSR count). The number of nitrogens with one attached hydrogen (secondary N) is 1. The fourth-order valence-electron chi connectivity index (χ4n) is 1.97. The summed E-state index contributed by atoms with van der Waals surface area (Å²) >= 11 is 0. The fraction of sp³-hybridized carbons (Fsp3) is 0.429. The zero-order valence-electron chi connectivity index (χ0n) is 11.6. The van der Waals surface area contributed by atoms with Gasteiger partial charge in [0.2, 0.25) is 12.7 Å². The van der Waals surface area contributed by atoms with Crippen LogP contribution < -0.4 is 14.8 Å². The highest BCUT2D eigenvalue weighted by Gasteiger charge is 2.20. The van der Waals surface area contributed by atoms with Crippen molar-refractivity contribution in [2.24, 2.45) is 0 Å². The molecule has 0 aromatic heterocycles. The minimum atomic E-state index is -0.197. The predicted octanol–water partition coefficient (Wildman–Crippen LogP) is 1.01. The standard InChI is InChI=1S/C14H18N2O4/c1-3-15-13(17)8-16(4-2)14(18)10-5-6-11-12(7-10)20-9-19-11/h5-7H,3-4,8-9H2,1-2H3,(H,15,17). The van der Waals surface area contributed by atoms with Crippen molar-refractivity contribution in [1.29, 1.82) is 0 Å². The Kier molecular flexibility index (Phi) is 4.45. The molecule has 0 saturated heterocycles. The molecule has 0 saturated carbocycles. The van der Waals surface area contributed by atoms with Gasteiger partial charge in [-0.3, -0.25) is 9.59 Å². The number of likely N-dealkylation sites (N-methyl/N-ethyl adjacent to an activating group) is 2. The van der Waals surface area contributed by atoms with Crippen molar-refractivity contribution < 1.29 is 19.1 Å². The molecule has 0 fully saturated rings. The Bertz CT molecular complexity index is 516. The minimum Gasteiger partial charge on any atom is -0.454 e. The molecule has 0 unspecified atom stereocenters. The molecule has 6 nitrogen and oxygen atoms in total. The molecular formula is C14H18N2O4. The zero-order valence-corrected chi connectivity index (χ0v) is 11.6. The molecule has 1 heterocycles. The lowest BCUT2D eigenvalue weighted by Gasteiger charge is -2.20. The lowest BCUT2D eigenvalue weighted by molar-refractivity contribution is -0.121. The van der Waals surface area contributed by atoms with Gasteiger partial charge in [-0.2, -0.15) is 0 Å². The van der Waals surface area contributed by atoms with E-state index >= 15 is 0 Å². The van der Waals surface area contributed by atoms with E-state index in [9.17, 15) is 9.59 Å². The van der Waals surface area contributed by atoms with E-state index in [0.29, 0.717) is 30.2 Å². The number of fused-ring (bicyclic) bond motifs is 1. The first-order valence-electron chi connectivity index (χ1n) is 6.61. The van der Waals surface area contributed by atoms with Crippen LogP contribution in [0.15, 0.2) is 18.2 Å². The van der Waals surface area contributed by atoms with Crippen LogP contribution in [0.3, 0.4) is 0 Å². The van der Waals surface area contributed by atoms with Crippen molar-refractivity contribution in [2.75, 3.05) is 26.4 Å². The van der Waals surface area contributed by atoms with E-state index < -0.39 is 0 Å². The van der Waals surface area contributed by atoms with Gasteiger partial charge in [-0.1, -0.05) is 0 Å². The van der Waals surface area contributed by atoms with Crippen molar-refractivity contribution in [3.63, 3.8) is 0 Å². The summed E-state index contributed by atoms with van der Waals surface area (Å²) in [6.45, 7) is 4.91. The largest absolute Gasteiger partial charge is 0.454 e. The molecule has 0 radical (unpaired) electrons. The number of carbonyl (C=O) groups excluding carboxylic acids is 2. The van der Waals surface area contributed by atoms with Gasteiger partial charge in [0.05, 0.1) is 6.54 Å². The van der Waals surface area contributed by atoms with Gasteiger partial charge in [-0.15, -0.1) is 0 Å². The molecule has 0 aliphatic carbocycles. The normalized spacial score (nSPS) is 12.1. The summed E-state index contributed by atoms with van der Waals surface area (Å²) in [5, 5.41) is 2.68. The third kappa shape index (κ3) is 3.01. The summed E-state index contributed by atoms with van der Waals surface area (Å²) in [6, 6.07) is 5.02. The highest BCUT2D eigenvalue weighted by molar-refractivity contribution is 5.97. The van der Waals surface area contributed by atoms with Gasteiger partial charge in [-0.25, -0.2) is 0 Å². The van der Waals surface area contributed by atoms with E-state index in [1.807, 2.05) is 13.8 Å². The SMILES string of the molecule is CCNC(=O)CN(CC)C(=O)c1ccc2c(c1)OCO2. The second-order valence-corrected chi connectivity index (χ2v) is 4.34. The first kappa shape index (κ1) is 14.2. The highest BCUT2D eigenvalue weighted by atomic mass is 16.7. The molecule has 0 atom stereocenters. The van der Waals surface area contributed by atoms with E-state index in [-0.39, 0.29) is 25.2 Å². The fourth-order valence-corrected chi connectivity index (χ4v) is 1.97. The first-order valence-corrected chi connectivity index (χ1v) is 6.61. The summed E-state index contributed by atoms with van der Waals surface area (Å²) < 4.78 is 10.5. The van der Waals surface area contributed by atoms with Crippen LogP contribution in [-0.2, 0) is 4.79 Å². The van der Waals surface area contributed by atoms with Crippen molar-refractivity contribution in [3.8, 4) is 11.5 Å². The second-order valence-electron chi connectivity index (χ2n) is 4.34. The van der Waals surface area contributed by atoms with E-state index in [4.69, 9.17) is 9.47 Å². The van der Waals surface area contributed by atoms with Gasteiger partial charge in [0.25, 0.3) is 5.91 Å². The number of amides is 2. The molecular weight excluding hydrogens is 260 g/mol. The average Bonchev–Trinajstić information content (AvgIpc) is 2.91. The quantitative estimate of drug-likeness (QED) is 0.873. The Morgan fingerprint density at radius 1 is 1.25 bits per heavy atom. The van der Waals surface area contributed by atoms with Crippen LogP contribution in [0.25, 0.3) is 0 Å². The number of nitrogens with zero attached hydrogens (tertiary/aromatic N) is 1. The van der Waals surface area contributed by atoms with Crippen molar-refractivity contribution in [2.45, 2.75) is 13.8 Å². The van der Waals surface area contributed by atoms with E-state index in [1.54, 1.807) is 18.2 Å². The Hall–Kier alpha value is -2.24. The topological polar surface area (TPSA) is 67.9 Å².